The Labute approximate surface area is 147 Å². The van der Waals surface area contributed by atoms with E-state index in [9.17, 15) is 9.59 Å². The van der Waals surface area contributed by atoms with Crippen LogP contribution in [0.3, 0.4) is 0 Å². The van der Waals surface area contributed by atoms with Crippen molar-refractivity contribution in [2.24, 2.45) is 0 Å². The smallest absolute Gasteiger partial charge is 0.340 e. The third kappa shape index (κ3) is 3.50. The van der Waals surface area contributed by atoms with Crippen molar-refractivity contribution >= 4 is 23.3 Å². The molecule has 2 aromatic carbocycles. The molecule has 1 aliphatic heterocycles. The molecule has 0 saturated heterocycles. The molecular weight excluding hydrogens is 316 g/mol. The minimum absolute atomic E-state index is 0.0886. The van der Waals surface area contributed by atoms with E-state index in [0.717, 1.165) is 24.1 Å². The molecule has 1 heterocycles. The number of carbonyl (C=O) groups excluding carboxylic acids is 2. The van der Waals surface area contributed by atoms with Gasteiger partial charge in [0.2, 0.25) is 0 Å². The summed E-state index contributed by atoms with van der Waals surface area (Å²) in [5.41, 5.74) is 3.17. The summed E-state index contributed by atoms with van der Waals surface area (Å²) in [7, 11) is 1.74. The molecule has 1 atom stereocenters. The van der Waals surface area contributed by atoms with Crippen LogP contribution in [0.5, 0.6) is 0 Å². The molecule has 3 rings (SSSR count). The first-order valence-electron chi connectivity index (χ1n) is 8.45. The fourth-order valence-corrected chi connectivity index (χ4v) is 3.22. The summed E-state index contributed by atoms with van der Waals surface area (Å²) in [5, 5.41) is 2.95. The topological polar surface area (TPSA) is 58.6 Å². The van der Waals surface area contributed by atoms with Gasteiger partial charge in [0.15, 0.2) is 6.61 Å². The second kappa shape index (κ2) is 7.38. The highest BCUT2D eigenvalue weighted by atomic mass is 16.5. The normalized spacial score (nSPS) is 16.1. The van der Waals surface area contributed by atoms with Crippen LogP contribution in [0.15, 0.2) is 48.5 Å². The summed E-state index contributed by atoms with van der Waals surface area (Å²) >= 11 is 0. The predicted molar refractivity (Wildman–Crippen MR) is 98.0 cm³/mol. The maximum absolute atomic E-state index is 12.7. The maximum atomic E-state index is 12.7. The molecule has 1 amide bonds. The maximum Gasteiger partial charge on any atom is 0.340 e. The van der Waals surface area contributed by atoms with Crippen molar-refractivity contribution in [3.63, 3.8) is 0 Å². The zero-order valence-corrected chi connectivity index (χ0v) is 14.5. The van der Waals surface area contributed by atoms with Crippen molar-refractivity contribution < 1.29 is 14.3 Å². The van der Waals surface area contributed by atoms with E-state index >= 15 is 0 Å². The molecule has 1 N–H and O–H groups in total. The number of rotatable bonds is 4. The van der Waals surface area contributed by atoms with Crippen LogP contribution in [0, 0.1) is 0 Å². The fraction of sp³-hybridized carbons (Fsp3) is 0.300. The molecule has 5 heteroatoms. The molecule has 1 aliphatic rings. The Kier molecular flexibility index (Phi) is 5.03. The lowest BCUT2D eigenvalue weighted by molar-refractivity contribution is -0.122. The molecule has 2 aromatic rings. The Hall–Kier alpha value is -2.82. The minimum atomic E-state index is -0.503. The number of amides is 1. The number of hydrogen-bond donors (Lipinski definition) is 1. The molecule has 130 valence electrons. The van der Waals surface area contributed by atoms with Gasteiger partial charge in [0.25, 0.3) is 5.91 Å². The van der Waals surface area contributed by atoms with Gasteiger partial charge in [-0.25, -0.2) is 4.79 Å². The second-order valence-corrected chi connectivity index (χ2v) is 6.15. The summed E-state index contributed by atoms with van der Waals surface area (Å²) in [6.07, 6.45) is 1.86. The molecular formula is C20H22N2O3. The highest BCUT2D eigenvalue weighted by Gasteiger charge is 2.28. The fourth-order valence-electron chi connectivity index (χ4n) is 3.22. The van der Waals surface area contributed by atoms with Gasteiger partial charge in [0.05, 0.1) is 5.56 Å². The Morgan fingerprint density at radius 2 is 1.88 bits per heavy atom. The Morgan fingerprint density at radius 1 is 1.16 bits per heavy atom. The van der Waals surface area contributed by atoms with E-state index in [1.807, 2.05) is 37.3 Å². The van der Waals surface area contributed by atoms with Gasteiger partial charge in [-0.05, 0) is 43.5 Å². The second-order valence-electron chi connectivity index (χ2n) is 6.15. The van der Waals surface area contributed by atoms with Crippen molar-refractivity contribution in [1.29, 1.82) is 0 Å². The summed E-state index contributed by atoms with van der Waals surface area (Å²) in [5.74, 6) is -0.703. The number of anilines is 2. The number of fused-ring (bicyclic) bond motifs is 1. The third-order valence-electron chi connectivity index (χ3n) is 4.54. The van der Waals surface area contributed by atoms with Gasteiger partial charge < -0.3 is 15.0 Å². The number of hydrogen-bond acceptors (Lipinski definition) is 4. The molecule has 0 spiro atoms. The molecule has 0 radical (unpaired) electrons. The van der Waals surface area contributed by atoms with Gasteiger partial charge in [-0.2, -0.15) is 0 Å². The molecule has 0 fully saturated rings. The highest BCUT2D eigenvalue weighted by molar-refractivity contribution is 6.00. The molecule has 5 nitrogen and oxygen atoms in total. The van der Waals surface area contributed by atoms with E-state index in [-0.39, 0.29) is 18.6 Å². The molecule has 0 aromatic heterocycles. The summed E-state index contributed by atoms with van der Waals surface area (Å²) in [6.45, 7) is 1.75. The van der Waals surface area contributed by atoms with Gasteiger partial charge in [-0.1, -0.05) is 30.3 Å². The number of esters is 1. The standard InChI is InChI=1S/C20H22N2O3/c1-14-11-12-15-7-3-6-10-18(15)22(14)19(23)13-25-20(24)16-8-4-5-9-17(16)21-2/h3-10,14,21H,11-13H2,1-2H3/t14-/m1/s1. The predicted octanol–water partition coefficient (Wildman–Crippen LogP) is 3.25. The first-order chi connectivity index (χ1) is 12.1. The van der Waals surface area contributed by atoms with Gasteiger partial charge in [0, 0.05) is 24.5 Å². The molecule has 0 aliphatic carbocycles. The summed E-state index contributed by atoms with van der Waals surface area (Å²) in [4.78, 5) is 26.7. The number of nitrogens with zero attached hydrogens (tertiary/aromatic N) is 1. The highest BCUT2D eigenvalue weighted by Crippen LogP contribution is 2.30. The minimum Gasteiger partial charge on any atom is -0.452 e. The van der Waals surface area contributed by atoms with Crippen LogP contribution in [0.2, 0.25) is 0 Å². The van der Waals surface area contributed by atoms with Crippen LogP contribution in [0.4, 0.5) is 11.4 Å². The number of benzene rings is 2. The van der Waals surface area contributed by atoms with Crippen LogP contribution >= 0.6 is 0 Å². The van der Waals surface area contributed by atoms with Crippen molar-refractivity contribution in [3.8, 4) is 0 Å². The first kappa shape index (κ1) is 17.0. The van der Waals surface area contributed by atoms with Gasteiger partial charge in [-0.15, -0.1) is 0 Å². The Balaban J connectivity index is 1.72. The number of carbonyl (C=O) groups is 2. The lowest BCUT2D eigenvalue weighted by Gasteiger charge is -2.35. The molecule has 0 unspecified atom stereocenters. The molecule has 0 saturated carbocycles. The largest absolute Gasteiger partial charge is 0.452 e. The van der Waals surface area contributed by atoms with Crippen molar-refractivity contribution in [3.05, 3.63) is 59.7 Å². The van der Waals surface area contributed by atoms with E-state index in [2.05, 4.69) is 5.32 Å². The van der Waals surface area contributed by atoms with Gasteiger partial charge in [-0.3, -0.25) is 4.79 Å². The number of para-hydroxylation sites is 2. The molecule has 0 bridgehead atoms. The first-order valence-corrected chi connectivity index (χ1v) is 8.45. The average Bonchev–Trinajstić information content (AvgIpc) is 2.65. The van der Waals surface area contributed by atoms with E-state index in [1.165, 1.54) is 0 Å². The lowest BCUT2D eigenvalue weighted by atomic mass is 9.96. The monoisotopic (exact) mass is 338 g/mol. The van der Waals surface area contributed by atoms with Crippen molar-refractivity contribution in [1.82, 2.24) is 0 Å². The SMILES string of the molecule is CNc1ccccc1C(=O)OCC(=O)N1c2ccccc2CC[C@H]1C. The summed E-state index contributed by atoms with van der Waals surface area (Å²) in [6, 6.07) is 15.0. The van der Waals surface area contributed by atoms with Crippen LogP contribution in [0.25, 0.3) is 0 Å². The van der Waals surface area contributed by atoms with Crippen LogP contribution in [-0.2, 0) is 16.0 Å². The zero-order chi connectivity index (χ0) is 17.8. The number of ether oxygens (including phenoxy) is 1. The lowest BCUT2D eigenvalue weighted by Crippen LogP contribution is -2.44. The average molecular weight is 338 g/mol. The van der Waals surface area contributed by atoms with E-state index in [1.54, 1.807) is 30.1 Å². The number of nitrogens with one attached hydrogen (secondary N) is 1. The van der Waals surface area contributed by atoms with E-state index < -0.39 is 5.97 Å². The van der Waals surface area contributed by atoms with Gasteiger partial charge >= 0.3 is 5.97 Å². The van der Waals surface area contributed by atoms with Gasteiger partial charge in [0.1, 0.15) is 0 Å². The Bertz CT molecular complexity index is 788. The number of aryl methyl sites for hydroxylation is 1. The third-order valence-corrected chi connectivity index (χ3v) is 4.54. The zero-order valence-electron chi connectivity index (χ0n) is 14.5. The quantitative estimate of drug-likeness (QED) is 0.870. The van der Waals surface area contributed by atoms with Crippen LogP contribution < -0.4 is 10.2 Å². The van der Waals surface area contributed by atoms with E-state index in [0.29, 0.717) is 11.3 Å². The summed E-state index contributed by atoms with van der Waals surface area (Å²) < 4.78 is 5.28. The van der Waals surface area contributed by atoms with Crippen LogP contribution in [-0.4, -0.2) is 31.6 Å². The van der Waals surface area contributed by atoms with Crippen molar-refractivity contribution in [2.45, 2.75) is 25.8 Å². The molecule has 25 heavy (non-hydrogen) atoms. The van der Waals surface area contributed by atoms with E-state index in [4.69, 9.17) is 4.74 Å². The van der Waals surface area contributed by atoms with Crippen molar-refractivity contribution in [2.75, 3.05) is 23.9 Å². The van der Waals surface area contributed by atoms with Crippen LogP contribution in [0.1, 0.15) is 29.3 Å². The Morgan fingerprint density at radius 3 is 2.68 bits per heavy atom.